The van der Waals surface area contributed by atoms with E-state index >= 15 is 0 Å². The molecule has 2 N–H and O–H groups in total. The average molecular weight is 136 g/mol. The molecule has 0 aliphatic heterocycles. The second-order valence-corrected chi connectivity index (χ2v) is 1.76. The van der Waals surface area contributed by atoms with Gasteiger partial charge in [-0.15, -0.1) is 5.10 Å². The fourth-order valence-corrected chi connectivity index (χ4v) is 0.697. The molecule has 50 valence electrons. The molecular weight excluding hydrogens is 132 g/mol. The molecule has 0 aliphatic carbocycles. The molecule has 0 aliphatic rings. The molecule has 10 heavy (non-hydrogen) atoms. The lowest BCUT2D eigenvalue weighted by molar-refractivity contribution is 0.821. The van der Waals surface area contributed by atoms with Gasteiger partial charge >= 0.3 is 0 Å². The minimum Gasteiger partial charge on any atom is -0.380 e. The Balaban J connectivity index is 2.95. The van der Waals surface area contributed by atoms with E-state index in [1.54, 1.807) is 12.4 Å². The normalized spacial score (nSPS) is 10.4. The summed E-state index contributed by atoms with van der Waals surface area (Å²) in [5, 5.41) is 10.7. The maximum Gasteiger partial charge on any atom is 0.221 e. The zero-order valence-electron chi connectivity index (χ0n) is 4.97. The van der Waals surface area contributed by atoms with E-state index in [-0.39, 0.29) is 0 Å². The molecule has 0 fully saturated rings. The van der Waals surface area contributed by atoms with Crippen LogP contribution in [-0.4, -0.2) is 25.0 Å². The predicted molar refractivity (Wildman–Crippen MR) is 33.0 cm³/mol. The van der Waals surface area contributed by atoms with Gasteiger partial charge in [0.2, 0.25) is 5.65 Å². The number of nitrogens with two attached hydrogens (primary N) is 1. The van der Waals surface area contributed by atoms with E-state index in [0.29, 0.717) is 11.5 Å². The lowest BCUT2D eigenvalue weighted by Crippen LogP contribution is -1.95. The summed E-state index contributed by atoms with van der Waals surface area (Å²) >= 11 is 0. The molecule has 0 saturated heterocycles. The van der Waals surface area contributed by atoms with Crippen LogP contribution in [0.4, 0.5) is 5.82 Å². The van der Waals surface area contributed by atoms with E-state index < -0.39 is 0 Å². The van der Waals surface area contributed by atoms with Gasteiger partial charge in [-0.25, -0.2) is 4.98 Å². The summed E-state index contributed by atoms with van der Waals surface area (Å²) in [5.41, 5.74) is 5.91. The zero-order chi connectivity index (χ0) is 6.97. The van der Waals surface area contributed by atoms with Crippen LogP contribution < -0.4 is 5.73 Å². The summed E-state index contributed by atoms with van der Waals surface area (Å²) in [6.07, 6.45) is 3.17. The molecule has 0 aromatic carbocycles. The number of hydrogen-bond donors (Lipinski definition) is 1. The van der Waals surface area contributed by atoms with Crippen LogP contribution in [0.2, 0.25) is 0 Å². The zero-order valence-corrected chi connectivity index (χ0v) is 4.97. The van der Waals surface area contributed by atoms with Crippen molar-refractivity contribution in [1.29, 1.82) is 0 Å². The maximum atomic E-state index is 5.43. The molecule has 2 rings (SSSR count). The first-order chi connectivity index (χ1) is 4.88. The second-order valence-electron chi connectivity index (χ2n) is 1.76. The summed E-state index contributed by atoms with van der Waals surface area (Å²) < 4.78 is 1.46. The smallest absolute Gasteiger partial charge is 0.221 e. The van der Waals surface area contributed by atoms with E-state index in [1.807, 2.05) is 0 Å². The highest BCUT2D eigenvalue weighted by molar-refractivity contribution is 5.56. The van der Waals surface area contributed by atoms with Crippen molar-refractivity contribution in [3.05, 3.63) is 12.4 Å². The van der Waals surface area contributed by atoms with E-state index in [0.717, 1.165) is 0 Å². The Labute approximate surface area is 55.7 Å². The lowest BCUT2D eigenvalue weighted by atomic mass is 10.6. The molecule has 0 radical (unpaired) electrons. The lowest BCUT2D eigenvalue weighted by Gasteiger charge is -1.89. The Morgan fingerprint density at radius 2 is 2.40 bits per heavy atom. The summed E-state index contributed by atoms with van der Waals surface area (Å²) in [6.45, 7) is 0. The largest absolute Gasteiger partial charge is 0.380 e. The molecule has 2 heterocycles. The molecule has 0 unspecified atom stereocenters. The molecule has 2 aromatic rings. The van der Waals surface area contributed by atoms with Crippen LogP contribution in [0.5, 0.6) is 0 Å². The van der Waals surface area contributed by atoms with Gasteiger partial charge in [-0.3, -0.25) is 0 Å². The number of nitrogen functional groups attached to an aromatic ring is 1. The molecule has 0 atom stereocenters. The molecule has 6 heteroatoms. The number of hydrogen-bond acceptors (Lipinski definition) is 5. The fourth-order valence-electron chi connectivity index (χ4n) is 0.697. The Hall–Kier alpha value is -1.72. The van der Waals surface area contributed by atoms with Gasteiger partial charge in [-0.05, 0) is 10.4 Å². The number of rotatable bonds is 0. The van der Waals surface area contributed by atoms with Crippen molar-refractivity contribution >= 4 is 11.5 Å². The monoisotopic (exact) mass is 136 g/mol. The Morgan fingerprint density at radius 1 is 1.50 bits per heavy atom. The van der Waals surface area contributed by atoms with Crippen LogP contribution in [0, 0.1) is 0 Å². The Bertz CT molecular complexity index is 351. The molecule has 0 bridgehead atoms. The van der Waals surface area contributed by atoms with Crippen molar-refractivity contribution < 1.29 is 0 Å². The third-order valence-electron chi connectivity index (χ3n) is 1.14. The van der Waals surface area contributed by atoms with Crippen molar-refractivity contribution in [2.45, 2.75) is 0 Å². The first-order valence-corrected chi connectivity index (χ1v) is 2.66. The van der Waals surface area contributed by atoms with Crippen molar-refractivity contribution in [3.8, 4) is 0 Å². The van der Waals surface area contributed by atoms with E-state index in [9.17, 15) is 0 Å². The van der Waals surface area contributed by atoms with E-state index in [4.69, 9.17) is 5.73 Å². The van der Waals surface area contributed by atoms with Gasteiger partial charge in [0.15, 0.2) is 5.82 Å². The van der Waals surface area contributed by atoms with Crippen LogP contribution in [0.15, 0.2) is 12.4 Å². The molecule has 0 amide bonds. The van der Waals surface area contributed by atoms with Crippen molar-refractivity contribution in [2.75, 3.05) is 5.73 Å². The second kappa shape index (κ2) is 1.63. The third-order valence-corrected chi connectivity index (χ3v) is 1.14. The van der Waals surface area contributed by atoms with Crippen LogP contribution >= 0.6 is 0 Å². The van der Waals surface area contributed by atoms with Gasteiger partial charge < -0.3 is 5.73 Å². The molecular formula is C4H4N6. The highest BCUT2D eigenvalue weighted by Gasteiger charge is 1.98. The molecule has 2 aromatic heterocycles. The number of anilines is 1. The fraction of sp³-hybridized carbons (Fsp3) is 0. The first-order valence-electron chi connectivity index (χ1n) is 2.66. The highest BCUT2D eigenvalue weighted by Crippen LogP contribution is 2.01. The number of aromatic nitrogens is 5. The minimum absolute atomic E-state index is 0.340. The van der Waals surface area contributed by atoms with Gasteiger partial charge in [-0.1, -0.05) is 0 Å². The van der Waals surface area contributed by atoms with Crippen molar-refractivity contribution in [3.63, 3.8) is 0 Å². The van der Waals surface area contributed by atoms with Crippen LogP contribution in [0.3, 0.4) is 0 Å². The third kappa shape index (κ3) is 0.524. The van der Waals surface area contributed by atoms with Crippen LogP contribution in [0.25, 0.3) is 5.65 Å². The standard InChI is InChI=1S/C4H4N6/c5-3-4-7-8-9-10(4)2-1-6-3/h1-2H,(H2,5,6). The number of tetrazole rings is 1. The van der Waals surface area contributed by atoms with E-state index in [2.05, 4.69) is 20.5 Å². The number of fused-ring (bicyclic) bond motifs is 1. The quantitative estimate of drug-likeness (QED) is 0.507. The SMILES string of the molecule is Nc1nccn2nnnc12. The van der Waals surface area contributed by atoms with Gasteiger partial charge in [0.05, 0.1) is 6.20 Å². The van der Waals surface area contributed by atoms with Gasteiger partial charge in [0.25, 0.3) is 0 Å². The van der Waals surface area contributed by atoms with E-state index in [1.165, 1.54) is 4.52 Å². The van der Waals surface area contributed by atoms with Gasteiger partial charge in [-0.2, -0.15) is 4.52 Å². The molecule has 0 spiro atoms. The number of nitrogens with zero attached hydrogens (tertiary/aromatic N) is 5. The summed E-state index contributed by atoms with van der Waals surface area (Å²) in [7, 11) is 0. The van der Waals surface area contributed by atoms with Crippen molar-refractivity contribution in [1.82, 2.24) is 25.0 Å². The van der Waals surface area contributed by atoms with Gasteiger partial charge in [0.1, 0.15) is 0 Å². The highest BCUT2D eigenvalue weighted by atomic mass is 15.5. The van der Waals surface area contributed by atoms with Crippen molar-refractivity contribution in [2.24, 2.45) is 0 Å². The summed E-state index contributed by atoms with van der Waals surface area (Å²) in [5.74, 6) is 0.340. The maximum absolute atomic E-state index is 5.43. The van der Waals surface area contributed by atoms with Gasteiger partial charge in [0, 0.05) is 6.20 Å². The molecule has 6 nitrogen and oxygen atoms in total. The molecule has 0 saturated carbocycles. The Kier molecular flexibility index (Phi) is 0.830. The summed E-state index contributed by atoms with van der Waals surface area (Å²) in [6, 6.07) is 0. The van der Waals surface area contributed by atoms with Crippen LogP contribution in [0.1, 0.15) is 0 Å². The van der Waals surface area contributed by atoms with Crippen LogP contribution in [-0.2, 0) is 0 Å². The topological polar surface area (TPSA) is 82.0 Å². The minimum atomic E-state index is 0.340. The average Bonchev–Trinajstić information content (AvgIpc) is 2.36. The predicted octanol–water partition coefficient (Wildman–Crippen LogP) is -0.899. The summed E-state index contributed by atoms with van der Waals surface area (Å²) in [4.78, 5) is 3.79. The Morgan fingerprint density at radius 3 is 3.20 bits per heavy atom. The first kappa shape index (κ1) is 5.10.